The molecular formula is C31H37N5O4. The van der Waals surface area contributed by atoms with Crippen molar-refractivity contribution in [2.75, 3.05) is 70.2 Å². The van der Waals surface area contributed by atoms with Gasteiger partial charge in [0.1, 0.15) is 0 Å². The Balaban J connectivity index is 1.62. The van der Waals surface area contributed by atoms with Crippen molar-refractivity contribution >= 4 is 29.1 Å². The van der Waals surface area contributed by atoms with Crippen molar-refractivity contribution in [2.24, 2.45) is 5.73 Å². The third kappa shape index (κ3) is 7.75. The van der Waals surface area contributed by atoms with E-state index in [1.54, 1.807) is 11.0 Å². The molecule has 9 heteroatoms. The highest BCUT2D eigenvalue weighted by Crippen LogP contribution is 2.27. The molecule has 0 aliphatic carbocycles. The van der Waals surface area contributed by atoms with Crippen molar-refractivity contribution < 1.29 is 19.1 Å². The van der Waals surface area contributed by atoms with Crippen molar-refractivity contribution in [2.45, 2.75) is 6.42 Å². The maximum Gasteiger partial charge on any atom is 0.260 e. The number of nitrogens with one attached hydrogen (secondary N) is 1. The summed E-state index contributed by atoms with van der Waals surface area (Å²) >= 11 is 0. The quantitative estimate of drug-likeness (QED) is 0.384. The summed E-state index contributed by atoms with van der Waals surface area (Å²) in [5.41, 5.74) is 9.17. The second-order valence-electron chi connectivity index (χ2n) is 10.1. The van der Waals surface area contributed by atoms with Gasteiger partial charge in [0.15, 0.2) is 0 Å². The molecule has 0 spiro atoms. The van der Waals surface area contributed by atoms with Gasteiger partial charge >= 0.3 is 0 Å². The van der Waals surface area contributed by atoms with E-state index < -0.39 is 5.91 Å². The van der Waals surface area contributed by atoms with Crippen LogP contribution in [0.15, 0.2) is 72.8 Å². The van der Waals surface area contributed by atoms with Crippen LogP contribution < -0.4 is 16.0 Å². The average Bonchev–Trinajstić information content (AvgIpc) is 2.96. The third-order valence-electron chi connectivity index (χ3n) is 6.80. The molecule has 3 N–H and O–H groups in total. The first-order valence-electron chi connectivity index (χ1n) is 13.5. The summed E-state index contributed by atoms with van der Waals surface area (Å²) in [5, 5.41) is 2.86. The highest BCUT2D eigenvalue weighted by atomic mass is 16.5. The lowest BCUT2D eigenvalue weighted by Gasteiger charge is -2.27. The van der Waals surface area contributed by atoms with E-state index >= 15 is 0 Å². The number of primary amides is 1. The van der Waals surface area contributed by atoms with E-state index in [4.69, 9.17) is 10.5 Å². The number of hydrogen-bond donors (Lipinski definition) is 2. The van der Waals surface area contributed by atoms with Crippen molar-refractivity contribution in [1.82, 2.24) is 9.80 Å². The number of nitrogens with two attached hydrogens (primary N) is 1. The van der Waals surface area contributed by atoms with Gasteiger partial charge < -0.3 is 25.6 Å². The Morgan fingerprint density at radius 3 is 2.23 bits per heavy atom. The molecule has 0 unspecified atom stereocenters. The van der Waals surface area contributed by atoms with E-state index in [1.807, 2.05) is 73.6 Å². The second-order valence-corrected chi connectivity index (χ2v) is 10.1. The highest BCUT2D eigenvalue weighted by molar-refractivity contribution is 6.12. The molecule has 1 heterocycles. The molecule has 4 rings (SSSR count). The van der Waals surface area contributed by atoms with Crippen LogP contribution in [0, 0.1) is 0 Å². The molecule has 0 saturated carbocycles. The topological polar surface area (TPSA) is 108 Å². The predicted octanol–water partition coefficient (Wildman–Crippen LogP) is 3.32. The van der Waals surface area contributed by atoms with E-state index in [2.05, 4.69) is 10.2 Å². The van der Waals surface area contributed by atoms with Crippen LogP contribution in [0.3, 0.4) is 0 Å². The fraction of sp³-hybridized carbons (Fsp3) is 0.323. The molecule has 3 aromatic carbocycles. The predicted molar refractivity (Wildman–Crippen MR) is 158 cm³/mol. The normalized spacial score (nSPS) is 13.7. The molecule has 3 amide bonds. The van der Waals surface area contributed by atoms with Crippen molar-refractivity contribution in [3.63, 3.8) is 0 Å². The zero-order valence-corrected chi connectivity index (χ0v) is 23.1. The fourth-order valence-electron chi connectivity index (χ4n) is 4.64. The summed E-state index contributed by atoms with van der Waals surface area (Å²) in [6.45, 7) is 3.87. The van der Waals surface area contributed by atoms with Gasteiger partial charge in [0.05, 0.1) is 31.0 Å². The minimum absolute atomic E-state index is 0.158. The summed E-state index contributed by atoms with van der Waals surface area (Å²) in [7, 11) is 3.98. The van der Waals surface area contributed by atoms with Crippen LogP contribution in [-0.4, -0.2) is 87.6 Å². The Bertz CT molecular complexity index is 1310. The molecule has 9 nitrogen and oxygen atoms in total. The second kappa shape index (κ2) is 13.8. The molecule has 40 heavy (non-hydrogen) atoms. The van der Waals surface area contributed by atoms with Gasteiger partial charge in [0.25, 0.3) is 5.91 Å². The SMILES string of the molecule is CN(C)CCCN(C(=O)c1ccc(C(N)=O)cc1NC(=O)CN1CCOCC1)c1ccc(-c2ccccc2)cc1. The molecule has 0 aromatic heterocycles. The third-order valence-corrected chi connectivity index (χ3v) is 6.80. The Kier molecular flexibility index (Phi) is 10.0. The molecule has 0 bridgehead atoms. The van der Waals surface area contributed by atoms with Crippen LogP contribution in [0.2, 0.25) is 0 Å². The number of benzene rings is 3. The van der Waals surface area contributed by atoms with Crippen molar-refractivity contribution in [3.05, 3.63) is 83.9 Å². The lowest BCUT2D eigenvalue weighted by atomic mass is 10.0. The number of nitrogens with zero attached hydrogens (tertiary/aromatic N) is 3. The first-order chi connectivity index (χ1) is 19.3. The first kappa shape index (κ1) is 28.9. The van der Waals surface area contributed by atoms with Gasteiger partial charge in [0, 0.05) is 30.9 Å². The Labute approximate surface area is 235 Å². The van der Waals surface area contributed by atoms with Gasteiger partial charge in [-0.2, -0.15) is 0 Å². The van der Waals surface area contributed by atoms with E-state index in [0.29, 0.717) is 32.8 Å². The largest absolute Gasteiger partial charge is 0.379 e. The number of carbonyl (C=O) groups is 3. The summed E-state index contributed by atoms with van der Waals surface area (Å²) in [5.74, 6) is -1.19. The smallest absolute Gasteiger partial charge is 0.260 e. The molecule has 3 aromatic rings. The number of rotatable bonds is 11. The van der Waals surface area contributed by atoms with Gasteiger partial charge in [-0.15, -0.1) is 0 Å². The Hall–Kier alpha value is -4.05. The highest BCUT2D eigenvalue weighted by Gasteiger charge is 2.23. The monoisotopic (exact) mass is 543 g/mol. The van der Waals surface area contributed by atoms with Crippen LogP contribution in [0.5, 0.6) is 0 Å². The van der Waals surface area contributed by atoms with Crippen LogP contribution in [0.4, 0.5) is 11.4 Å². The van der Waals surface area contributed by atoms with Crippen LogP contribution in [-0.2, 0) is 9.53 Å². The maximum atomic E-state index is 14.1. The molecule has 0 atom stereocenters. The molecule has 0 radical (unpaired) electrons. The number of ether oxygens (including phenoxy) is 1. The molecule has 210 valence electrons. The number of anilines is 2. The molecule has 1 saturated heterocycles. The zero-order valence-electron chi connectivity index (χ0n) is 23.1. The summed E-state index contributed by atoms with van der Waals surface area (Å²) in [6, 6.07) is 22.5. The van der Waals surface area contributed by atoms with Gasteiger partial charge in [-0.3, -0.25) is 19.3 Å². The Morgan fingerprint density at radius 1 is 0.900 bits per heavy atom. The molecular weight excluding hydrogens is 506 g/mol. The average molecular weight is 544 g/mol. The maximum absolute atomic E-state index is 14.1. The zero-order chi connectivity index (χ0) is 28.5. The van der Waals surface area contributed by atoms with Crippen LogP contribution >= 0.6 is 0 Å². The van der Waals surface area contributed by atoms with E-state index in [1.165, 1.54) is 12.1 Å². The van der Waals surface area contributed by atoms with Crippen LogP contribution in [0.1, 0.15) is 27.1 Å². The standard InChI is InChI=1S/C31H37N5O4/c1-34(2)15-6-16-36(26-12-9-24(10-13-26)23-7-4-3-5-8-23)31(39)27-14-11-25(30(32)38)21-28(27)33-29(37)22-35-17-19-40-20-18-35/h3-5,7-14,21H,6,15-20,22H2,1-2H3,(H2,32,38)(H,33,37). The number of hydrogen-bond acceptors (Lipinski definition) is 6. The van der Waals surface area contributed by atoms with Gasteiger partial charge in [-0.1, -0.05) is 42.5 Å². The first-order valence-corrected chi connectivity index (χ1v) is 13.5. The minimum Gasteiger partial charge on any atom is -0.379 e. The van der Waals surface area contributed by atoms with Gasteiger partial charge in [0.2, 0.25) is 11.8 Å². The lowest BCUT2D eigenvalue weighted by molar-refractivity contribution is -0.118. The Morgan fingerprint density at radius 2 is 1.57 bits per heavy atom. The molecule has 1 aliphatic heterocycles. The molecule has 1 fully saturated rings. The number of carbonyl (C=O) groups excluding carboxylic acids is 3. The summed E-state index contributed by atoms with van der Waals surface area (Å²) in [6.07, 6.45) is 0.747. The van der Waals surface area contributed by atoms with Crippen molar-refractivity contribution in [3.8, 4) is 11.1 Å². The minimum atomic E-state index is -0.637. The summed E-state index contributed by atoms with van der Waals surface area (Å²) < 4.78 is 5.36. The number of morpholine rings is 1. The van der Waals surface area contributed by atoms with E-state index in [-0.39, 0.29) is 35.2 Å². The van der Waals surface area contributed by atoms with Crippen LogP contribution in [0.25, 0.3) is 11.1 Å². The summed E-state index contributed by atoms with van der Waals surface area (Å²) in [4.78, 5) is 44.7. The lowest BCUT2D eigenvalue weighted by Crippen LogP contribution is -2.41. The van der Waals surface area contributed by atoms with E-state index in [9.17, 15) is 14.4 Å². The van der Waals surface area contributed by atoms with Gasteiger partial charge in [-0.25, -0.2) is 0 Å². The van der Waals surface area contributed by atoms with Gasteiger partial charge in [-0.05, 0) is 68.5 Å². The fourth-order valence-corrected chi connectivity index (χ4v) is 4.64. The van der Waals surface area contributed by atoms with Crippen molar-refractivity contribution in [1.29, 1.82) is 0 Å². The van der Waals surface area contributed by atoms with E-state index in [0.717, 1.165) is 29.8 Å². The number of amides is 3. The molecule has 1 aliphatic rings.